The lowest BCUT2D eigenvalue weighted by Crippen LogP contribution is -2.45. The smallest absolute Gasteiger partial charge is 0.274 e. The molecule has 0 radical (unpaired) electrons. The molecule has 2 aliphatic rings. The van der Waals surface area contributed by atoms with Gasteiger partial charge in [-0.05, 0) is 55.9 Å². The van der Waals surface area contributed by atoms with Crippen molar-refractivity contribution in [1.82, 2.24) is 15.2 Å². The Labute approximate surface area is 206 Å². The van der Waals surface area contributed by atoms with Gasteiger partial charge in [-0.15, -0.1) is 11.3 Å². The van der Waals surface area contributed by atoms with Crippen molar-refractivity contribution >= 4 is 46.4 Å². The molecular formula is C25H23Cl2N3O2S. The summed E-state index contributed by atoms with van der Waals surface area (Å²) in [5.41, 5.74) is 3.03. The fourth-order valence-corrected chi connectivity index (χ4v) is 6.12. The van der Waals surface area contributed by atoms with E-state index >= 15 is 0 Å². The van der Waals surface area contributed by atoms with Crippen LogP contribution >= 0.6 is 34.5 Å². The first kappa shape index (κ1) is 22.4. The van der Waals surface area contributed by atoms with Gasteiger partial charge in [-0.25, -0.2) is 4.98 Å². The minimum atomic E-state index is -0.266. The van der Waals surface area contributed by atoms with Gasteiger partial charge in [0.2, 0.25) is 0 Å². The molecule has 2 amide bonds. The first-order valence-electron chi connectivity index (χ1n) is 10.9. The van der Waals surface area contributed by atoms with Gasteiger partial charge in [-0.3, -0.25) is 9.59 Å². The van der Waals surface area contributed by atoms with E-state index in [0.29, 0.717) is 46.2 Å². The average molecular weight is 500 g/mol. The number of likely N-dealkylation sites (tertiary alicyclic amines) is 1. The minimum absolute atomic E-state index is 0.0510. The number of nitrogens with one attached hydrogen (secondary N) is 1. The molecule has 0 unspecified atom stereocenters. The number of fused-ring (bicyclic) bond motifs is 1. The van der Waals surface area contributed by atoms with Crippen LogP contribution in [-0.2, 0) is 0 Å². The van der Waals surface area contributed by atoms with Crippen molar-refractivity contribution in [3.8, 4) is 10.4 Å². The first-order chi connectivity index (χ1) is 15.8. The largest absolute Gasteiger partial charge is 0.350 e. The highest BCUT2D eigenvalue weighted by Gasteiger charge is 2.54. The Morgan fingerprint density at radius 1 is 1.18 bits per heavy atom. The second kappa shape index (κ2) is 8.75. The standard InChI is InChI=1S/C25H23Cl2N3O2S/c1-13-4-3-5-15(8-13)23-22(29-14(2)33-23)25(32)30-12-16-9-19(16)21(30)11-28-24(31)18-7-6-17(26)10-20(18)27/h3-8,10,16,19,21H,9,11-12H2,1-2H3,(H,28,31)/t16-,19-,21+/m0/s1. The molecule has 0 bridgehead atoms. The molecule has 0 spiro atoms. The number of thiazole rings is 1. The third-order valence-electron chi connectivity index (χ3n) is 6.43. The van der Waals surface area contributed by atoms with E-state index in [1.165, 1.54) is 0 Å². The lowest BCUT2D eigenvalue weighted by atomic mass is 10.1. The highest BCUT2D eigenvalue weighted by Crippen LogP contribution is 2.50. The van der Waals surface area contributed by atoms with E-state index in [2.05, 4.69) is 16.4 Å². The van der Waals surface area contributed by atoms with E-state index in [1.807, 2.05) is 36.9 Å². The molecule has 1 aromatic heterocycles. The van der Waals surface area contributed by atoms with Crippen molar-refractivity contribution in [3.63, 3.8) is 0 Å². The number of carbonyl (C=O) groups is 2. The van der Waals surface area contributed by atoms with Crippen molar-refractivity contribution in [2.45, 2.75) is 26.3 Å². The Morgan fingerprint density at radius 2 is 2.00 bits per heavy atom. The lowest BCUT2D eigenvalue weighted by molar-refractivity contribution is 0.0690. The molecule has 2 aromatic carbocycles. The first-order valence-corrected chi connectivity index (χ1v) is 12.5. The molecule has 1 aliphatic carbocycles. The van der Waals surface area contributed by atoms with Crippen LogP contribution < -0.4 is 5.32 Å². The van der Waals surface area contributed by atoms with E-state index in [1.54, 1.807) is 29.5 Å². The fraction of sp³-hybridized carbons (Fsp3) is 0.320. The number of carbonyl (C=O) groups excluding carboxylic acids is 2. The minimum Gasteiger partial charge on any atom is -0.350 e. The zero-order valence-electron chi connectivity index (χ0n) is 18.3. The summed E-state index contributed by atoms with van der Waals surface area (Å²) in [5, 5.41) is 4.63. The highest BCUT2D eigenvalue weighted by molar-refractivity contribution is 7.15. The monoisotopic (exact) mass is 499 g/mol. The fourth-order valence-electron chi connectivity index (χ4n) is 4.72. The van der Waals surface area contributed by atoms with E-state index in [-0.39, 0.29) is 17.9 Å². The zero-order valence-corrected chi connectivity index (χ0v) is 20.6. The van der Waals surface area contributed by atoms with Gasteiger partial charge in [0.05, 0.1) is 26.5 Å². The summed E-state index contributed by atoms with van der Waals surface area (Å²) in [6.07, 6.45) is 1.09. The number of hydrogen-bond donors (Lipinski definition) is 1. The Kier molecular flexibility index (Phi) is 5.93. The Balaban J connectivity index is 1.35. The Morgan fingerprint density at radius 3 is 2.76 bits per heavy atom. The molecule has 1 N–H and O–H groups in total. The molecule has 3 atom stereocenters. The van der Waals surface area contributed by atoms with E-state index < -0.39 is 0 Å². The highest BCUT2D eigenvalue weighted by atomic mass is 35.5. The molecule has 1 saturated heterocycles. The Bertz CT molecular complexity index is 1260. The van der Waals surface area contributed by atoms with Crippen molar-refractivity contribution < 1.29 is 9.59 Å². The maximum Gasteiger partial charge on any atom is 0.274 e. The van der Waals surface area contributed by atoms with Crippen LogP contribution in [0.5, 0.6) is 0 Å². The van der Waals surface area contributed by atoms with Gasteiger partial charge >= 0.3 is 0 Å². The molecule has 3 aromatic rings. The van der Waals surface area contributed by atoms with E-state index in [9.17, 15) is 9.59 Å². The SMILES string of the molecule is Cc1cccc(-c2sc(C)nc2C(=O)N2C[C@@H]3C[C@@H]3[C@H]2CNC(=O)c2ccc(Cl)cc2Cl)c1. The summed E-state index contributed by atoms with van der Waals surface area (Å²) in [7, 11) is 0. The average Bonchev–Trinajstić information content (AvgIpc) is 3.28. The van der Waals surface area contributed by atoms with Crippen molar-refractivity contribution in [3.05, 3.63) is 74.3 Å². The molecule has 1 aliphatic heterocycles. The summed E-state index contributed by atoms with van der Waals surface area (Å²) in [6.45, 7) is 5.05. The third-order valence-corrected chi connectivity index (χ3v) is 8.00. The maximum absolute atomic E-state index is 13.6. The predicted molar refractivity (Wildman–Crippen MR) is 132 cm³/mol. The van der Waals surface area contributed by atoms with E-state index in [0.717, 1.165) is 27.4 Å². The number of piperidine rings is 1. The van der Waals surface area contributed by atoms with Crippen LogP contribution in [-0.4, -0.2) is 40.8 Å². The van der Waals surface area contributed by atoms with Crippen LogP contribution in [0.3, 0.4) is 0 Å². The quantitative estimate of drug-likeness (QED) is 0.495. The van der Waals surface area contributed by atoms with Crippen LogP contribution in [0.25, 0.3) is 10.4 Å². The number of halogens is 2. The normalized spacial score (nSPS) is 21.1. The van der Waals surface area contributed by atoms with Gasteiger partial charge in [0, 0.05) is 18.1 Å². The molecule has 2 heterocycles. The number of amides is 2. The molecule has 170 valence electrons. The topological polar surface area (TPSA) is 62.3 Å². The van der Waals surface area contributed by atoms with Crippen molar-refractivity contribution in [1.29, 1.82) is 0 Å². The summed E-state index contributed by atoms with van der Waals surface area (Å²) in [5.74, 6) is 0.583. The van der Waals surface area contributed by atoms with Crippen LogP contribution in [0.4, 0.5) is 0 Å². The number of aryl methyl sites for hydroxylation is 2. The molecule has 2 fully saturated rings. The van der Waals surface area contributed by atoms with Crippen LogP contribution in [0.15, 0.2) is 42.5 Å². The Hall–Kier alpha value is -2.41. The summed E-state index contributed by atoms with van der Waals surface area (Å²) in [4.78, 5) is 33.8. The van der Waals surface area contributed by atoms with Gasteiger partial charge < -0.3 is 10.2 Å². The van der Waals surface area contributed by atoms with E-state index in [4.69, 9.17) is 23.2 Å². The molecule has 5 rings (SSSR count). The van der Waals surface area contributed by atoms with Gasteiger partial charge in [-0.2, -0.15) is 0 Å². The van der Waals surface area contributed by atoms with Crippen LogP contribution in [0, 0.1) is 25.7 Å². The molecule has 1 saturated carbocycles. The van der Waals surface area contributed by atoms with Crippen molar-refractivity contribution in [2.75, 3.05) is 13.1 Å². The van der Waals surface area contributed by atoms with Gasteiger partial charge in [-0.1, -0.05) is 53.0 Å². The number of aromatic nitrogens is 1. The van der Waals surface area contributed by atoms with Crippen molar-refractivity contribution in [2.24, 2.45) is 11.8 Å². The molecule has 33 heavy (non-hydrogen) atoms. The summed E-state index contributed by atoms with van der Waals surface area (Å²) < 4.78 is 0. The summed E-state index contributed by atoms with van der Waals surface area (Å²) >= 11 is 13.7. The zero-order chi connectivity index (χ0) is 23.3. The molecule has 5 nitrogen and oxygen atoms in total. The third kappa shape index (κ3) is 4.39. The number of hydrogen-bond acceptors (Lipinski definition) is 4. The van der Waals surface area contributed by atoms with Gasteiger partial charge in [0.15, 0.2) is 0 Å². The van der Waals surface area contributed by atoms with Gasteiger partial charge in [0.1, 0.15) is 5.69 Å². The molecular weight excluding hydrogens is 477 g/mol. The van der Waals surface area contributed by atoms with Crippen LogP contribution in [0.2, 0.25) is 10.0 Å². The number of nitrogens with zero attached hydrogens (tertiary/aromatic N) is 2. The second-order valence-electron chi connectivity index (χ2n) is 8.80. The van der Waals surface area contributed by atoms with Gasteiger partial charge in [0.25, 0.3) is 11.8 Å². The predicted octanol–water partition coefficient (Wildman–Crippen LogP) is 5.62. The summed E-state index contributed by atoms with van der Waals surface area (Å²) in [6, 6.07) is 12.9. The number of rotatable bonds is 5. The lowest BCUT2D eigenvalue weighted by Gasteiger charge is -2.27. The maximum atomic E-state index is 13.6. The second-order valence-corrected chi connectivity index (χ2v) is 10.8. The van der Waals surface area contributed by atoms with Crippen LogP contribution in [0.1, 0.15) is 37.8 Å². The molecule has 8 heteroatoms. The number of benzene rings is 2.